The van der Waals surface area contributed by atoms with E-state index >= 15 is 0 Å². The van der Waals surface area contributed by atoms with Gasteiger partial charge in [-0.3, -0.25) is 0 Å². The minimum atomic E-state index is 0.0500. The Morgan fingerprint density at radius 1 is 1.25 bits per heavy atom. The van der Waals surface area contributed by atoms with Crippen molar-refractivity contribution in [1.29, 1.82) is 0 Å². The normalized spacial score (nSPS) is 19.2. The Hall–Kier alpha value is -0.900. The highest BCUT2D eigenvalue weighted by Crippen LogP contribution is 2.32. The highest BCUT2D eigenvalue weighted by Gasteiger charge is 2.31. The third-order valence-corrected chi connectivity index (χ3v) is 4.47. The number of hydrogen-bond acceptors (Lipinski definition) is 3. The summed E-state index contributed by atoms with van der Waals surface area (Å²) in [6.45, 7) is 7.31. The molecule has 20 heavy (non-hydrogen) atoms. The third-order valence-electron chi connectivity index (χ3n) is 4.47. The van der Waals surface area contributed by atoms with Crippen molar-refractivity contribution in [1.82, 2.24) is 4.90 Å². The molecule has 1 saturated heterocycles. The van der Waals surface area contributed by atoms with Crippen LogP contribution in [0.25, 0.3) is 0 Å². The van der Waals surface area contributed by atoms with E-state index in [0.29, 0.717) is 6.04 Å². The van der Waals surface area contributed by atoms with Crippen LogP contribution in [-0.2, 0) is 4.74 Å². The Bertz CT molecular complexity index is 399. The van der Waals surface area contributed by atoms with Crippen LogP contribution in [-0.4, -0.2) is 37.7 Å². The van der Waals surface area contributed by atoms with E-state index in [1.807, 2.05) is 6.07 Å². The van der Waals surface area contributed by atoms with Crippen LogP contribution < -0.4 is 5.73 Å². The summed E-state index contributed by atoms with van der Waals surface area (Å²) in [6.07, 6.45) is 2.26. The van der Waals surface area contributed by atoms with E-state index in [0.717, 1.165) is 32.6 Å². The zero-order valence-electron chi connectivity index (χ0n) is 13.0. The van der Waals surface area contributed by atoms with Gasteiger partial charge in [0, 0.05) is 31.8 Å². The first kappa shape index (κ1) is 15.5. The molecule has 1 aliphatic heterocycles. The number of nitrogens with two attached hydrogens (primary N) is 1. The lowest BCUT2D eigenvalue weighted by Crippen LogP contribution is -2.45. The summed E-state index contributed by atoms with van der Waals surface area (Å²) in [5.41, 5.74) is 7.77. The first-order valence-electron chi connectivity index (χ1n) is 7.59. The third kappa shape index (κ3) is 3.81. The van der Waals surface area contributed by atoms with Crippen LogP contribution in [0.15, 0.2) is 30.3 Å². The standard InChI is InChI=1S/C17H28N2O/c1-17(2,16(18)14-7-5-4-6-8-14)13-19(3)15-9-11-20-12-10-15/h4-8,15-16H,9-13,18H2,1-3H3. The summed E-state index contributed by atoms with van der Waals surface area (Å²) in [4.78, 5) is 2.46. The molecule has 0 amide bonds. The van der Waals surface area contributed by atoms with Crippen molar-refractivity contribution in [2.75, 3.05) is 26.8 Å². The monoisotopic (exact) mass is 276 g/mol. The van der Waals surface area contributed by atoms with E-state index in [1.165, 1.54) is 5.56 Å². The van der Waals surface area contributed by atoms with Gasteiger partial charge in [-0.15, -0.1) is 0 Å². The van der Waals surface area contributed by atoms with Gasteiger partial charge in [0.05, 0.1) is 0 Å². The minimum absolute atomic E-state index is 0.0500. The van der Waals surface area contributed by atoms with Gasteiger partial charge in [-0.25, -0.2) is 0 Å². The molecule has 1 aliphatic rings. The topological polar surface area (TPSA) is 38.5 Å². The molecule has 2 N–H and O–H groups in total. The van der Waals surface area contributed by atoms with Crippen LogP contribution in [0.2, 0.25) is 0 Å². The Morgan fingerprint density at radius 2 is 1.85 bits per heavy atom. The molecule has 2 rings (SSSR count). The van der Waals surface area contributed by atoms with Gasteiger partial charge in [-0.05, 0) is 30.9 Å². The van der Waals surface area contributed by atoms with Crippen molar-refractivity contribution in [3.63, 3.8) is 0 Å². The smallest absolute Gasteiger partial charge is 0.0480 e. The first-order chi connectivity index (χ1) is 9.50. The Balaban J connectivity index is 1.98. The molecular formula is C17H28N2O. The number of nitrogens with zero attached hydrogens (tertiary/aromatic N) is 1. The Labute approximate surface area is 123 Å². The summed E-state index contributed by atoms with van der Waals surface area (Å²) in [5.74, 6) is 0. The molecule has 0 spiro atoms. The van der Waals surface area contributed by atoms with E-state index in [2.05, 4.69) is 50.1 Å². The van der Waals surface area contributed by atoms with Crippen LogP contribution in [0.4, 0.5) is 0 Å². The predicted molar refractivity (Wildman–Crippen MR) is 83.6 cm³/mol. The Kier molecular flexibility index (Phi) is 5.19. The molecule has 0 aliphatic carbocycles. The lowest BCUT2D eigenvalue weighted by Gasteiger charge is -2.40. The fourth-order valence-corrected chi connectivity index (χ4v) is 3.11. The van der Waals surface area contributed by atoms with Gasteiger partial charge in [0.15, 0.2) is 0 Å². The second kappa shape index (κ2) is 6.70. The molecule has 1 heterocycles. The van der Waals surface area contributed by atoms with Crippen LogP contribution >= 0.6 is 0 Å². The lowest BCUT2D eigenvalue weighted by atomic mass is 9.80. The fourth-order valence-electron chi connectivity index (χ4n) is 3.11. The SMILES string of the molecule is CN(CC(C)(C)C(N)c1ccccc1)C1CCOCC1. The molecule has 1 fully saturated rings. The number of hydrogen-bond donors (Lipinski definition) is 1. The second-order valence-corrected chi connectivity index (χ2v) is 6.64. The van der Waals surface area contributed by atoms with Gasteiger partial charge >= 0.3 is 0 Å². The maximum atomic E-state index is 6.50. The molecule has 3 heteroatoms. The van der Waals surface area contributed by atoms with Crippen LogP contribution in [0.5, 0.6) is 0 Å². The quantitative estimate of drug-likeness (QED) is 0.898. The van der Waals surface area contributed by atoms with Crippen molar-refractivity contribution in [3.8, 4) is 0 Å². The lowest BCUT2D eigenvalue weighted by molar-refractivity contribution is 0.0281. The molecule has 0 radical (unpaired) electrons. The molecule has 1 unspecified atom stereocenters. The molecule has 1 aromatic carbocycles. The average molecular weight is 276 g/mol. The zero-order valence-corrected chi connectivity index (χ0v) is 13.0. The van der Waals surface area contributed by atoms with E-state index < -0.39 is 0 Å². The first-order valence-corrected chi connectivity index (χ1v) is 7.59. The fraction of sp³-hybridized carbons (Fsp3) is 0.647. The maximum absolute atomic E-state index is 6.50. The molecular weight excluding hydrogens is 248 g/mol. The highest BCUT2D eigenvalue weighted by molar-refractivity contribution is 5.20. The van der Waals surface area contributed by atoms with Crippen LogP contribution in [0.3, 0.4) is 0 Å². The van der Waals surface area contributed by atoms with E-state index in [-0.39, 0.29) is 11.5 Å². The van der Waals surface area contributed by atoms with Crippen molar-refractivity contribution < 1.29 is 4.74 Å². The van der Waals surface area contributed by atoms with E-state index in [4.69, 9.17) is 10.5 Å². The summed E-state index contributed by atoms with van der Waals surface area (Å²) >= 11 is 0. The zero-order chi connectivity index (χ0) is 14.6. The van der Waals surface area contributed by atoms with E-state index in [1.54, 1.807) is 0 Å². The summed E-state index contributed by atoms with van der Waals surface area (Å²) in [6, 6.07) is 11.1. The average Bonchev–Trinajstić information content (AvgIpc) is 2.48. The second-order valence-electron chi connectivity index (χ2n) is 6.64. The summed E-state index contributed by atoms with van der Waals surface area (Å²) in [5, 5.41) is 0. The van der Waals surface area contributed by atoms with Crippen molar-refractivity contribution in [2.45, 2.75) is 38.8 Å². The minimum Gasteiger partial charge on any atom is -0.381 e. The summed E-state index contributed by atoms with van der Waals surface area (Å²) < 4.78 is 5.45. The summed E-state index contributed by atoms with van der Waals surface area (Å²) in [7, 11) is 2.22. The molecule has 0 bridgehead atoms. The Morgan fingerprint density at radius 3 is 2.45 bits per heavy atom. The highest BCUT2D eigenvalue weighted by atomic mass is 16.5. The molecule has 1 aromatic rings. The van der Waals surface area contributed by atoms with Gasteiger partial charge in [-0.1, -0.05) is 44.2 Å². The van der Waals surface area contributed by atoms with Crippen molar-refractivity contribution in [3.05, 3.63) is 35.9 Å². The largest absolute Gasteiger partial charge is 0.381 e. The van der Waals surface area contributed by atoms with E-state index in [9.17, 15) is 0 Å². The molecule has 1 atom stereocenters. The van der Waals surface area contributed by atoms with Crippen LogP contribution in [0, 0.1) is 5.41 Å². The molecule has 0 aromatic heterocycles. The molecule has 0 saturated carbocycles. The number of benzene rings is 1. The van der Waals surface area contributed by atoms with Gasteiger partial charge in [0.25, 0.3) is 0 Å². The molecule has 112 valence electrons. The predicted octanol–water partition coefficient (Wildman–Crippen LogP) is 2.82. The van der Waals surface area contributed by atoms with Gasteiger partial charge in [-0.2, -0.15) is 0 Å². The van der Waals surface area contributed by atoms with Crippen molar-refractivity contribution >= 4 is 0 Å². The van der Waals surface area contributed by atoms with Gasteiger partial charge < -0.3 is 15.4 Å². The van der Waals surface area contributed by atoms with Gasteiger partial charge in [0.1, 0.15) is 0 Å². The number of rotatable bonds is 5. The number of ether oxygens (including phenoxy) is 1. The molecule has 3 nitrogen and oxygen atoms in total. The van der Waals surface area contributed by atoms with Crippen LogP contribution in [0.1, 0.15) is 38.3 Å². The maximum Gasteiger partial charge on any atom is 0.0480 e. The van der Waals surface area contributed by atoms with Crippen molar-refractivity contribution in [2.24, 2.45) is 11.1 Å². The van der Waals surface area contributed by atoms with Gasteiger partial charge in [0.2, 0.25) is 0 Å².